The molecule has 0 unspecified atom stereocenters. The molecule has 1 radical (unpaired) electrons. The number of amides is 1. The molecule has 8 heteroatoms. The van der Waals surface area contributed by atoms with Crippen molar-refractivity contribution in [1.82, 2.24) is 5.32 Å². The molecule has 0 spiro atoms. The number of aliphatic imine (C=N–C) groups is 1. The van der Waals surface area contributed by atoms with Gasteiger partial charge in [0, 0.05) is 0 Å². The number of hydrogen-bond donors (Lipinski definition) is 2. The van der Waals surface area contributed by atoms with Gasteiger partial charge in [-0.1, -0.05) is 0 Å². The van der Waals surface area contributed by atoms with E-state index in [2.05, 4.69) is 26.3 Å². The molecule has 2 rings (SSSR count). The van der Waals surface area contributed by atoms with E-state index >= 15 is 0 Å². The van der Waals surface area contributed by atoms with E-state index in [-0.39, 0.29) is 15.5 Å². The van der Waals surface area contributed by atoms with Crippen LogP contribution in [0.2, 0.25) is 0 Å². The zero-order chi connectivity index (χ0) is 16.2. The summed E-state index contributed by atoms with van der Waals surface area (Å²) in [6, 6.07) is 14.4. The fraction of sp³-hybridized carbons (Fsp3) is 0. The number of carbonyl (C=O) groups is 1. The van der Waals surface area contributed by atoms with Crippen LogP contribution in [0.4, 0.5) is 5.69 Å². The van der Waals surface area contributed by atoms with Gasteiger partial charge in [0.15, 0.2) is 0 Å². The summed E-state index contributed by atoms with van der Waals surface area (Å²) >= 11 is 2.65. The van der Waals surface area contributed by atoms with Crippen molar-refractivity contribution in [1.29, 1.82) is 0 Å². The Morgan fingerprint density at radius 2 is 1.64 bits per heavy atom. The van der Waals surface area contributed by atoms with E-state index in [4.69, 9.17) is 5.14 Å². The van der Waals surface area contributed by atoms with Gasteiger partial charge in [-0.3, -0.25) is 0 Å². The fourth-order valence-corrected chi connectivity index (χ4v) is 2.55. The van der Waals surface area contributed by atoms with Gasteiger partial charge in [0.05, 0.1) is 0 Å². The summed E-state index contributed by atoms with van der Waals surface area (Å²) in [7, 11) is -3.73. The molecule has 0 fully saturated rings. The Morgan fingerprint density at radius 1 is 1.05 bits per heavy atom. The van der Waals surface area contributed by atoms with Gasteiger partial charge in [-0.15, -0.1) is 0 Å². The topological polar surface area (TPSA) is 102 Å². The Morgan fingerprint density at radius 3 is 2.18 bits per heavy atom. The number of nitrogens with one attached hydrogen (secondary N) is 1. The molecule has 0 aromatic heterocycles. The summed E-state index contributed by atoms with van der Waals surface area (Å²) in [5.74, 6) is -0.292. The molecule has 0 heterocycles. The molecule has 0 bridgehead atoms. The van der Waals surface area contributed by atoms with Crippen LogP contribution < -0.4 is 10.5 Å². The molecular formula is C14H12N3O3SSe. The molecule has 0 atom stereocenters. The zero-order valence-electron chi connectivity index (χ0n) is 11.3. The monoisotopic (exact) mass is 382 g/mol. The number of hydrogen-bond acceptors (Lipinski definition) is 4. The summed E-state index contributed by atoms with van der Waals surface area (Å²) in [6.07, 6.45) is 0. The second-order valence-electron chi connectivity index (χ2n) is 4.28. The van der Waals surface area contributed by atoms with Gasteiger partial charge in [0.1, 0.15) is 0 Å². The van der Waals surface area contributed by atoms with E-state index in [1.165, 1.54) is 24.3 Å². The van der Waals surface area contributed by atoms with Gasteiger partial charge >= 0.3 is 136 Å². The van der Waals surface area contributed by atoms with E-state index in [1.807, 2.05) is 6.07 Å². The van der Waals surface area contributed by atoms with Gasteiger partial charge in [0.25, 0.3) is 0 Å². The SMILES string of the molecule is NS(=O)(=O)c1ccc(N=C([Se])NC(=O)c2ccccc2)cc1. The summed E-state index contributed by atoms with van der Waals surface area (Å²) < 4.78 is 22.6. The maximum absolute atomic E-state index is 11.9. The van der Waals surface area contributed by atoms with Crippen LogP contribution in [0.1, 0.15) is 10.4 Å². The van der Waals surface area contributed by atoms with Crippen molar-refractivity contribution in [3.63, 3.8) is 0 Å². The Labute approximate surface area is 136 Å². The minimum atomic E-state index is -3.73. The van der Waals surface area contributed by atoms with E-state index in [1.54, 1.807) is 24.3 Å². The molecule has 2 aromatic rings. The third-order valence-electron chi connectivity index (χ3n) is 2.65. The first-order chi connectivity index (χ1) is 10.4. The molecule has 0 saturated carbocycles. The quantitative estimate of drug-likeness (QED) is 0.470. The molecule has 0 aliphatic carbocycles. The Kier molecular flexibility index (Phi) is 5.10. The number of carbonyl (C=O) groups excluding carboxylic acids is 1. The summed E-state index contributed by atoms with van der Waals surface area (Å²) in [5.41, 5.74) is 0.990. The molecule has 0 aliphatic heterocycles. The van der Waals surface area contributed by atoms with E-state index in [9.17, 15) is 13.2 Å². The van der Waals surface area contributed by atoms with Crippen molar-refractivity contribution >= 4 is 42.4 Å². The predicted octanol–water partition coefficient (Wildman–Crippen LogP) is 0.920. The number of sulfonamides is 1. The average Bonchev–Trinajstić information content (AvgIpc) is 2.47. The number of benzene rings is 2. The van der Waals surface area contributed by atoms with Crippen LogP contribution >= 0.6 is 0 Å². The van der Waals surface area contributed by atoms with Crippen LogP contribution in [0.15, 0.2) is 64.5 Å². The molecule has 22 heavy (non-hydrogen) atoms. The molecule has 113 valence electrons. The number of amidine groups is 1. The Bertz CT molecular complexity index is 803. The Balaban J connectivity index is 2.11. The van der Waals surface area contributed by atoms with Crippen LogP contribution in [0, 0.1) is 0 Å². The van der Waals surface area contributed by atoms with Crippen molar-refractivity contribution in [2.45, 2.75) is 4.90 Å². The summed E-state index contributed by atoms with van der Waals surface area (Å²) in [5, 5.41) is 7.61. The normalized spacial score (nSPS) is 12.0. The first-order valence-corrected chi connectivity index (χ1v) is 8.51. The zero-order valence-corrected chi connectivity index (χ0v) is 13.8. The minimum absolute atomic E-state index is 0.00130. The molecular weight excluding hydrogens is 369 g/mol. The summed E-state index contributed by atoms with van der Waals surface area (Å²) in [4.78, 5) is 16.1. The van der Waals surface area contributed by atoms with Gasteiger partial charge in [-0.05, 0) is 0 Å². The van der Waals surface area contributed by atoms with E-state index < -0.39 is 10.0 Å². The van der Waals surface area contributed by atoms with Crippen LogP contribution in [-0.2, 0) is 10.0 Å². The molecule has 0 aliphatic rings. The second kappa shape index (κ2) is 6.85. The van der Waals surface area contributed by atoms with Crippen molar-refractivity contribution in [3.05, 3.63) is 60.2 Å². The molecule has 1 amide bonds. The van der Waals surface area contributed by atoms with Crippen LogP contribution in [0.3, 0.4) is 0 Å². The summed E-state index contributed by atoms with van der Waals surface area (Å²) in [6.45, 7) is 0. The third-order valence-corrected chi connectivity index (χ3v) is 3.99. The first kappa shape index (κ1) is 16.4. The number of nitrogens with two attached hydrogens (primary N) is 1. The van der Waals surface area contributed by atoms with Crippen LogP contribution in [0.25, 0.3) is 0 Å². The molecule has 6 nitrogen and oxygen atoms in total. The third kappa shape index (κ3) is 4.50. The predicted molar refractivity (Wildman–Crippen MR) is 84.6 cm³/mol. The van der Waals surface area contributed by atoms with Gasteiger partial charge in [-0.2, -0.15) is 0 Å². The van der Waals surface area contributed by atoms with E-state index in [0.29, 0.717) is 11.3 Å². The van der Waals surface area contributed by atoms with Gasteiger partial charge in [-0.25, -0.2) is 0 Å². The first-order valence-electron chi connectivity index (χ1n) is 6.11. The second-order valence-corrected chi connectivity index (χ2v) is 6.65. The number of rotatable bonds is 3. The van der Waals surface area contributed by atoms with Crippen molar-refractivity contribution in [2.24, 2.45) is 10.1 Å². The van der Waals surface area contributed by atoms with Gasteiger partial charge in [0.2, 0.25) is 0 Å². The van der Waals surface area contributed by atoms with E-state index in [0.717, 1.165) is 0 Å². The van der Waals surface area contributed by atoms with Crippen LogP contribution in [0.5, 0.6) is 0 Å². The molecule has 3 N–H and O–H groups in total. The molecule has 0 saturated heterocycles. The molecule has 2 aromatic carbocycles. The number of nitrogens with zero attached hydrogens (tertiary/aromatic N) is 1. The Hall–Kier alpha value is -1.99. The maximum atomic E-state index is 11.9. The van der Waals surface area contributed by atoms with Crippen LogP contribution in [-0.4, -0.2) is 35.1 Å². The number of primary sulfonamides is 1. The van der Waals surface area contributed by atoms with Crippen molar-refractivity contribution in [3.8, 4) is 0 Å². The standard InChI is InChI=1S/C14H12N3O3SSe/c15-21(19,20)12-8-6-11(7-9-12)16-14(22)17-13(18)10-4-2-1-3-5-10/h1-9H,(H2,15,19,20)(H,16,17,18). The fourth-order valence-electron chi connectivity index (χ4n) is 1.61. The van der Waals surface area contributed by atoms with Gasteiger partial charge < -0.3 is 0 Å². The average molecular weight is 381 g/mol. The van der Waals surface area contributed by atoms with Crippen molar-refractivity contribution < 1.29 is 13.2 Å². The van der Waals surface area contributed by atoms with Crippen molar-refractivity contribution in [2.75, 3.05) is 0 Å².